The van der Waals surface area contributed by atoms with E-state index in [4.69, 9.17) is 0 Å². The zero-order valence-corrected chi connectivity index (χ0v) is 9.35. The second-order valence-corrected chi connectivity index (χ2v) is 3.95. The van der Waals surface area contributed by atoms with Gasteiger partial charge in [-0.1, -0.05) is 20.8 Å². The molecule has 0 spiro atoms. The molecule has 3 heteroatoms. The molecule has 0 saturated carbocycles. The van der Waals surface area contributed by atoms with Crippen LogP contribution in [0, 0.1) is 11.6 Å². The van der Waals surface area contributed by atoms with Gasteiger partial charge in [-0.2, -0.15) is 0 Å². The van der Waals surface area contributed by atoms with Crippen LogP contribution in [0.15, 0.2) is 18.2 Å². The summed E-state index contributed by atoms with van der Waals surface area (Å²) < 4.78 is 26.4. The van der Waals surface area contributed by atoms with Crippen molar-refractivity contribution in [3.8, 4) is 0 Å². The molecular formula is C12H17F2N. The smallest absolute Gasteiger partial charge is 0.128 e. The molecule has 1 aromatic carbocycles. The summed E-state index contributed by atoms with van der Waals surface area (Å²) in [5.74, 6) is -0.744. The van der Waals surface area contributed by atoms with Crippen LogP contribution >= 0.6 is 0 Å². The van der Waals surface area contributed by atoms with E-state index in [0.717, 1.165) is 12.5 Å². The molecule has 0 saturated heterocycles. The number of halogens is 2. The Morgan fingerprint density at radius 2 is 1.93 bits per heavy atom. The molecule has 1 unspecified atom stereocenters. The van der Waals surface area contributed by atoms with Gasteiger partial charge in [0.1, 0.15) is 11.6 Å². The molecule has 0 heterocycles. The van der Waals surface area contributed by atoms with E-state index in [1.54, 1.807) is 0 Å². The van der Waals surface area contributed by atoms with E-state index in [1.807, 2.05) is 20.8 Å². The Bertz CT molecular complexity index is 323. The van der Waals surface area contributed by atoms with Crippen molar-refractivity contribution < 1.29 is 8.78 Å². The Kier molecular flexibility index (Phi) is 4.21. The molecule has 0 bridgehead atoms. The van der Waals surface area contributed by atoms with Crippen molar-refractivity contribution in [2.75, 3.05) is 0 Å². The minimum absolute atomic E-state index is 0.124. The maximum atomic E-state index is 13.5. The molecule has 0 aliphatic heterocycles. The fraction of sp³-hybridized carbons (Fsp3) is 0.500. The first-order valence-corrected chi connectivity index (χ1v) is 5.25. The summed E-state index contributed by atoms with van der Waals surface area (Å²) in [6.45, 7) is 5.92. The van der Waals surface area contributed by atoms with Gasteiger partial charge in [0, 0.05) is 17.6 Å². The van der Waals surface area contributed by atoms with Gasteiger partial charge in [-0.25, -0.2) is 8.78 Å². The van der Waals surface area contributed by atoms with Gasteiger partial charge in [-0.3, -0.25) is 0 Å². The van der Waals surface area contributed by atoms with Crippen LogP contribution in [-0.4, -0.2) is 6.04 Å². The SMILES string of the molecule is CCC(NC(C)C)c1cc(F)ccc1F. The molecule has 1 aromatic rings. The first kappa shape index (κ1) is 12.1. The lowest BCUT2D eigenvalue weighted by molar-refractivity contribution is 0.444. The standard InChI is InChI=1S/C12H17F2N/c1-4-12(15-8(2)3)10-7-9(13)5-6-11(10)14/h5-8,12,15H,4H2,1-3H3. The molecule has 1 N–H and O–H groups in total. The zero-order chi connectivity index (χ0) is 11.4. The summed E-state index contributed by atoms with van der Waals surface area (Å²) in [4.78, 5) is 0. The van der Waals surface area contributed by atoms with Gasteiger partial charge >= 0.3 is 0 Å². The van der Waals surface area contributed by atoms with Crippen molar-refractivity contribution in [2.45, 2.75) is 39.3 Å². The minimum atomic E-state index is -0.393. The second kappa shape index (κ2) is 5.21. The number of hydrogen-bond donors (Lipinski definition) is 1. The third kappa shape index (κ3) is 3.27. The molecule has 15 heavy (non-hydrogen) atoms. The summed E-state index contributed by atoms with van der Waals surface area (Å²) >= 11 is 0. The van der Waals surface area contributed by atoms with Crippen molar-refractivity contribution in [1.82, 2.24) is 5.32 Å². The third-order valence-corrected chi connectivity index (χ3v) is 2.28. The van der Waals surface area contributed by atoms with Crippen LogP contribution in [0.1, 0.15) is 38.8 Å². The van der Waals surface area contributed by atoms with E-state index in [1.165, 1.54) is 12.1 Å². The van der Waals surface area contributed by atoms with Crippen LogP contribution in [0.2, 0.25) is 0 Å². The Labute approximate surface area is 89.5 Å². The highest BCUT2D eigenvalue weighted by atomic mass is 19.1. The predicted molar refractivity (Wildman–Crippen MR) is 57.7 cm³/mol. The largest absolute Gasteiger partial charge is 0.308 e. The van der Waals surface area contributed by atoms with Crippen molar-refractivity contribution in [3.63, 3.8) is 0 Å². The molecule has 0 amide bonds. The Hall–Kier alpha value is -0.960. The summed E-state index contributed by atoms with van der Waals surface area (Å²) in [5.41, 5.74) is 0.409. The van der Waals surface area contributed by atoms with E-state index in [0.29, 0.717) is 5.56 Å². The Morgan fingerprint density at radius 1 is 1.27 bits per heavy atom. The topological polar surface area (TPSA) is 12.0 Å². The van der Waals surface area contributed by atoms with Gasteiger partial charge < -0.3 is 5.32 Å². The molecule has 0 aromatic heterocycles. The van der Waals surface area contributed by atoms with Crippen LogP contribution in [0.3, 0.4) is 0 Å². The Balaban J connectivity index is 2.95. The van der Waals surface area contributed by atoms with Crippen LogP contribution < -0.4 is 5.32 Å². The lowest BCUT2D eigenvalue weighted by Gasteiger charge is -2.20. The summed E-state index contributed by atoms with van der Waals surface area (Å²) in [7, 11) is 0. The quantitative estimate of drug-likeness (QED) is 0.808. The minimum Gasteiger partial charge on any atom is -0.308 e. The molecule has 1 rings (SSSR count). The van der Waals surface area contributed by atoms with Crippen LogP contribution in [0.25, 0.3) is 0 Å². The highest BCUT2D eigenvalue weighted by molar-refractivity contribution is 5.22. The average Bonchev–Trinajstić information content (AvgIpc) is 2.18. The molecule has 0 radical (unpaired) electrons. The highest BCUT2D eigenvalue weighted by Crippen LogP contribution is 2.21. The van der Waals surface area contributed by atoms with E-state index < -0.39 is 5.82 Å². The normalized spacial score (nSPS) is 13.2. The van der Waals surface area contributed by atoms with E-state index in [-0.39, 0.29) is 17.9 Å². The van der Waals surface area contributed by atoms with Crippen molar-refractivity contribution >= 4 is 0 Å². The summed E-state index contributed by atoms with van der Waals surface area (Å²) in [6.07, 6.45) is 0.735. The van der Waals surface area contributed by atoms with Crippen LogP contribution in [-0.2, 0) is 0 Å². The van der Waals surface area contributed by atoms with Crippen LogP contribution in [0.4, 0.5) is 8.78 Å². The van der Waals surface area contributed by atoms with Gasteiger partial charge in [-0.15, -0.1) is 0 Å². The summed E-state index contributed by atoms with van der Waals surface area (Å²) in [6, 6.07) is 3.70. The fourth-order valence-electron chi connectivity index (χ4n) is 1.61. The molecule has 0 aliphatic rings. The molecule has 0 aliphatic carbocycles. The number of benzene rings is 1. The number of rotatable bonds is 4. The monoisotopic (exact) mass is 213 g/mol. The lowest BCUT2D eigenvalue weighted by Crippen LogP contribution is -2.28. The van der Waals surface area contributed by atoms with Gasteiger partial charge in [0.15, 0.2) is 0 Å². The van der Waals surface area contributed by atoms with Gasteiger partial charge in [0.25, 0.3) is 0 Å². The predicted octanol–water partition coefficient (Wildman–Crippen LogP) is 3.41. The Morgan fingerprint density at radius 3 is 2.47 bits per heavy atom. The zero-order valence-electron chi connectivity index (χ0n) is 9.35. The van der Waals surface area contributed by atoms with Crippen LogP contribution in [0.5, 0.6) is 0 Å². The van der Waals surface area contributed by atoms with E-state index in [2.05, 4.69) is 5.32 Å². The van der Waals surface area contributed by atoms with Gasteiger partial charge in [0.05, 0.1) is 0 Å². The number of hydrogen-bond acceptors (Lipinski definition) is 1. The maximum absolute atomic E-state index is 13.5. The van der Waals surface area contributed by atoms with Gasteiger partial charge in [-0.05, 0) is 24.6 Å². The number of nitrogens with one attached hydrogen (secondary N) is 1. The first-order valence-electron chi connectivity index (χ1n) is 5.25. The molecule has 1 atom stereocenters. The van der Waals surface area contributed by atoms with E-state index >= 15 is 0 Å². The van der Waals surface area contributed by atoms with E-state index in [9.17, 15) is 8.78 Å². The van der Waals surface area contributed by atoms with Crippen molar-refractivity contribution in [3.05, 3.63) is 35.4 Å². The first-order chi connectivity index (χ1) is 7.04. The highest BCUT2D eigenvalue weighted by Gasteiger charge is 2.15. The second-order valence-electron chi connectivity index (χ2n) is 3.95. The maximum Gasteiger partial charge on any atom is 0.128 e. The summed E-state index contributed by atoms with van der Waals surface area (Å²) in [5, 5.41) is 3.21. The van der Waals surface area contributed by atoms with Crippen molar-refractivity contribution in [1.29, 1.82) is 0 Å². The molecular weight excluding hydrogens is 196 g/mol. The van der Waals surface area contributed by atoms with Gasteiger partial charge in [0.2, 0.25) is 0 Å². The fourth-order valence-corrected chi connectivity index (χ4v) is 1.61. The molecule has 1 nitrogen and oxygen atoms in total. The molecule has 0 fully saturated rings. The lowest BCUT2D eigenvalue weighted by atomic mass is 10.0. The molecule has 84 valence electrons. The average molecular weight is 213 g/mol. The van der Waals surface area contributed by atoms with Crippen molar-refractivity contribution in [2.24, 2.45) is 0 Å². The third-order valence-electron chi connectivity index (χ3n) is 2.28.